The first-order chi connectivity index (χ1) is 11.2. The predicted molar refractivity (Wildman–Crippen MR) is 84.6 cm³/mol. The number of carbonyl (C=O) groups excluding carboxylic acids is 1. The molecule has 0 heterocycles. The summed E-state index contributed by atoms with van der Waals surface area (Å²) in [6.45, 7) is 0.654. The Morgan fingerprint density at radius 1 is 1.09 bits per heavy atom. The summed E-state index contributed by atoms with van der Waals surface area (Å²) in [5, 5.41) is 28.3. The lowest BCUT2D eigenvalue weighted by molar-refractivity contribution is -0.0135. The minimum Gasteiger partial charge on any atom is -0.395 e. The van der Waals surface area contributed by atoms with Crippen LogP contribution < -0.4 is 5.48 Å². The number of aliphatic hydroxyl groups excluding tert-OH is 2. The van der Waals surface area contributed by atoms with Gasteiger partial charge in [0.05, 0.1) is 6.61 Å². The van der Waals surface area contributed by atoms with Crippen molar-refractivity contribution < 1.29 is 20.2 Å². The largest absolute Gasteiger partial charge is 0.395 e. The van der Waals surface area contributed by atoms with Crippen LogP contribution in [0.25, 0.3) is 0 Å². The molecule has 0 aromatic heterocycles. The summed E-state index contributed by atoms with van der Waals surface area (Å²) in [5.74, 6) is -0.576. The molecule has 0 radical (unpaired) electrons. The Labute approximate surface area is 134 Å². The van der Waals surface area contributed by atoms with Gasteiger partial charge < -0.3 is 10.2 Å². The van der Waals surface area contributed by atoms with Crippen LogP contribution in [-0.4, -0.2) is 39.4 Å². The number of nitrogens with one attached hydrogen (secondary N) is 1. The number of carbonyl (C=O) groups is 1. The molecule has 0 aliphatic rings. The zero-order valence-electron chi connectivity index (χ0n) is 12.6. The fourth-order valence-corrected chi connectivity index (χ4v) is 2.31. The van der Waals surface area contributed by atoms with Gasteiger partial charge in [-0.25, -0.2) is 5.48 Å². The van der Waals surface area contributed by atoms with Crippen LogP contribution in [0, 0.1) is 0 Å². The standard InChI is InChI=1S/C17H20N2O4/c20-11-10-19(17(22)15-4-2-1-3-5-15)12-13-6-8-14(9-7-13)16(21)18-23/h1-9,17,20,22-23H,10-12H2,(H,18,21). The van der Waals surface area contributed by atoms with Crippen LogP contribution in [0.15, 0.2) is 54.6 Å². The van der Waals surface area contributed by atoms with Crippen molar-refractivity contribution in [2.24, 2.45) is 0 Å². The first kappa shape index (κ1) is 17.1. The zero-order chi connectivity index (χ0) is 16.7. The third kappa shape index (κ3) is 4.61. The Morgan fingerprint density at radius 3 is 2.30 bits per heavy atom. The number of hydroxylamine groups is 1. The van der Waals surface area contributed by atoms with Crippen LogP contribution in [0.1, 0.15) is 27.7 Å². The van der Waals surface area contributed by atoms with E-state index in [4.69, 9.17) is 5.21 Å². The molecule has 0 spiro atoms. The molecule has 0 aliphatic carbocycles. The molecule has 23 heavy (non-hydrogen) atoms. The van der Waals surface area contributed by atoms with Gasteiger partial charge in [-0.15, -0.1) is 0 Å². The highest BCUT2D eigenvalue weighted by Crippen LogP contribution is 2.20. The van der Waals surface area contributed by atoms with E-state index in [9.17, 15) is 15.0 Å². The molecule has 0 bridgehead atoms. The van der Waals surface area contributed by atoms with Gasteiger partial charge in [-0.3, -0.25) is 14.9 Å². The molecule has 122 valence electrons. The Kier molecular flexibility index (Phi) is 6.25. The lowest BCUT2D eigenvalue weighted by Crippen LogP contribution is -2.31. The van der Waals surface area contributed by atoms with Gasteiger partial charge in [-0.2, -0.15) is 0 Å². The number of benzene rings is 2. The van der Waals surface area contributed by atoms with E-state index in [2.05, 4.69) is 0 Å². The second-order valence-corrected chi connectivity index (χ2v) is 5.12. The Morgan fingerprint density at radius 2 is 1.74 bits per heavy atom. The Bertz CT molecular complexity index is 616. The zero-order valence-corrected chi connectivity index (χ0v) is 12.6. The monoisotopic (exact) mass is 316 g/mol. The number of nitrogens with zero attached hydrogens (tertiary/aromatic N) is 1. The summed E-state index contributed by atoms with van der Waals surface area (Å²) in [5.41, 5.74) is 3.55. The molecule has 0 saturated carbocycles. The van der Waals surface area contributed by atoms with Gasteiger partial charge >= 0.3 is 0 Å². The topological polar surface area (TPSA) is 93.0 Å². The number of hydrogen-bond acceptors (Lipinski definition) is 5. The van der Waals surface area contributed by atoms with Gasteiger partial charge in [0, 0.05) is 18.7 Å². The molecule has 0 fully saturated rings. The maximum atomic E-state index is 11.3. The van der Waals surface area contributed by atoms with E-state index in [0.717, 1.165) is 11.1 Å². The maximum absolute atomic E-state index is 11.3. The summed E-state index contributed by atoms with van der Waals surface area (Å²) >= 11 is 0. The first-order valence-corrected chi connectivity index (χ1v) is 7.27. The molecule has 4 N–H and O–H groups in total. The van der Waals surface area contributed by atoms with Gasteiger partial charge in [0.25, 0.3) is 5.91 Å². The number of amides is 1. The van der Waals surface area contributed by atoms with E-state index in [1.165, 1.54) is 0 Å². The summed E-state index contributed by atoms with van der Waals surface area (Å²) in [6, 6.07) is 15.9. The van der Waals surface area contributed by atoms with Crippen molar-refractivity contribution in [2.45, 2.75) is 12.8 Å². The normalized spacial score (nSPS) is 12.2. The quantitative estimate of drug-likeness (QED) is 0.351. The summed E-state index contributed by atoms with van der Waals surface area (Å²) in [4.78, 5) is 13.0. The second kappa shape index (κ2) is 8.40. The highest BCUT2D eigenvalue weighted by Gasteiger charge is 2.17. The average molecular weight is 316 g/mol. The molecule has 2 aromatic carbocycles. The van der Waals surface area contributed by atoms with Crippen LogP contribution in [0.3, 0.4) is 0 Å². The molecule has 6 nitrogen and oxygen atoms in total. The van der Waals surface area contributed by atoms with Crippen LogP contribution in [0.4, 0.5) is 0 Å². The van der Waals surface area contributed by atoms with Crippen molar-refractivity contribution >= 4 is 5.91 Å². The highest BCUT2D eigenvalue weighted by molar-refractivity contribution is 5.93. The Hall–Kier alpha value is -2.25. The molecule has 1 amide bonds. The van der Waals surface area contributed by atoms with Gasteiger partial charge in [0.1, 0.15) is 6.23 Å². The minimum atomic E-state index is -0.830. The summed E-state index contributed by atoms with van der Waals surface area (Å²) < 4.78 is 0. The smallest absolute Gasteiger partial charge is 0.274 e. The van der Waals surface area contributed by atoms with Crippen molar-refractivity contribution in [1.29, 1.82) is 0 Å². The third-order valence-electron chi connectivity index (χ3n) is 3.53. The summed E-state index contributed by atoms with van der Waals surface area (Å²) in [6.07, 6.45) is -0.830. The van der Waals surface area contributed by atoms with Gasteiger partial charge in [-0.1, -0.05) is 42.5 Å². The lowest BCUT2D eigenvalue weighted by atomic mass is 10.1. The van der Waals surface area contributed by atoms with Crippen molar-refractivity contribution in [3.05, 3.63) is 71.3 Å². The molecular weight excluding hydrogens is 296 g/mol. The average Bonchev–Trinajstić information content (AvgIpc) is 2.61. The number of rotatable bonds is 7. The van der Waals surface area contributed by atoms with Crippen molar-refractivity contribution in [3.8, 4) is 0 Å². The van der Waals surface area contributed by atoms with Crippen molar-refractivity contribution in [1.82, 2.24) is 10.4 Å². The van der Waals surface area contributed by atoms with Crippen LogP contribution >= 0.6 is 0 Å². The SMILES string of the molecule is O=C(NO)c1ccc(CN(CCO)C(O)c2ccccc2)cc1. The van der Waals surface area contributed by atoms with E-state index in [-0.39, 0.29) is 6.61 Å². The van der Waals surface area contributed by atoms with Crippen LogP contribution in [0.2, 0.25) is 0 Å². The van der Waals surface area contributed by atoms with E-state index < -0.39 is 12.1 Å². The first-order valence-electron chi connectivity index (χ1n) is 7.27. The molecule has 2 rings (SSSR count). The van der Waals surface area contributed by atoms with E-state index in [1.807, 2.05) is 30.3 Å². The van der Waals surface area contributed by atoms with E-state index in [1.54, 1.807) is 34.6 Å². The van der Waals surface area contributed by atoms with Crippen LogP contribution in [-0.2, 0) is 6.54 Å². The van der Waals surface area contributed by atoms with E-state index in [0.29, 0.717) is 18.7 Å². The minimum absolute atomic E-state index is 0.0745. The van der Waals surface area contributed by atoms with Gasteiger partial charge in [0.15, 0.2) is 0 Å². The third-order valence-corrected chi connectivity index (χ3v) is 3.53. The fourth-order valence-electron chi connectivity index (χ4n) is 2.31. The molecular formula is C17H20N2O4. The van der Waals surface area contributed by atoms with E-state index >= 15 is 0 Å². The molecule has 6 heteroatoms. The van der Waals surface area contributed by atoms with Crippen molar-refractivity contribution in [3.63, 3.8) is 0 Å². The predicted octanol–water partition coefficient (Wildman–Crippen LogP) is 1.29. The second-order valence-electron chi connectivity index (χ2n) is 5.12. The number of aliphatic hydroxyl groups is 2. The molecule has 0 saturated heterocycles. The summed E-state index contributed by atoms with van der Waals surface area (Å²) in [7, 11) is 0. The van der Waals surface area contributed by atoms with Crippen molar-refractivity contribution in [2.75, 3.05) is 13.2 Å². The highest BCUT2D eigenvalue weighted by atomic mass is 16.5. The van der Waals surface area contributed by atoms with Gasteiger partial charge in [-0.05, 0) is 23.3 Å². The molecule has 1 atom stereocenters. The fraction of sp³-hybridized carbons (Fsp3) is 0.235. The Balaban J connectivity index is 2.11. The van der Waals surface area contributed by atoms with Crippen LogP contribution in [0.5, 0.6) is 0 Å². The number of hydrogen-bond donors (Lipinski definition) is 4. The van der Waals surface area contributed by atoms with Gasteiger partial charge in [0.2, 0.25) is 0 Å². The molecule has 1 unspecified atom stereocenters. The lowest BCUT2D eigenvalue weighted by Gasteiger charge is -2.27. The molecule has 2 aromatic rings. The maximum Gasteiger partial charge on any atom is 0.274 e. The molecule has 0 aliphatic heterocycles.